The van der Waals surface area contributed by atoms with Crippen LogP contribution in [0.3, 0.4) is 0 Å². The molecule has 0 radical (unpaired) electrons. The van der Waals surface area contributed by atoms with Gasteiger partial charge in [-0.3, -0.25) is 0 Å². The number of fused-ring (bicyclic) bond motifs is 1. The summed E-state index contributed by atoms with van der Waals surface area (Å²) in [7, 11) is 0. The van der Waals surface area contributed by atoms with Gasteiger partial charge in [0, 0.05) is 23.2 Å². The number of aromatic nitrogens is 3. The van der Waals surface area contributed by atoms with E-state index in [1.807, 2.05) is 18.2 Å². The Kier molecular flexibility index (Phi) is 4.82. The summed E-state index contributed by atoms with van der Waals surface area (Å²) in [5.41, 5.74) is 2.12. The van der Waals surface area contributed by atoms with E-state index < -0.39 is 6.10 Å². The van der Waals surface area contributed by atoms with E-state index in [1.54, 1.807) is 22.8 Å². The van der Waals surface area contributed by atoms with Crippen LogP contribution in [-0.4, -0.2) is 44.1 Å². The average molecular weight is 398 g/mol. The van der Waals surface area contributed by atoms with E-state index in [0.717, 1.165) is 10.0 Å². The molecule has 6 nitrogen and oxygen atoms in total. The van der Waals surface area contributed by atoms with Crippen LogP contribution in [0.5, 0.6) is 0 Å². The zero-order chi connectivity index (χ0) is 16.4. The number of halogens is 2. The maximum absolute atomic E-state index is 9.54. The Balaban J connectivity index is 2.09. The number of aliphatic hydroxyl groups is 2. The lowest BCUT2D eigenvalue weighted by Gasteiger charge is -2.13. The summed E-state index contributed by atoms with van der Waals surface area (Å²) in [6.07, 6.45) is 0.785. The number of hydrogen-bond acceptors (Lipinski definition) is 5. The molecule has 0 amide bonds. The van der Waals surface area contributed by atoms with Crippen LogP contribution >= 0.6 is 27.5 Å². The molecule has 0 aliphatic heterocycles. The Morgan fingerprint density at radius 2 is 2.13 bits per heavy atom. The quantitative estimate of drug-likeness (QED) is 0.616. The van der Waals surface area contributed by atoms with Gasteiger partial charge in [-0.2, -0.15) is 9.61 Å². The van der Waals surface area contributed by atoms with Gasteiger partial charge >= 0.3 is 0 Å². The fraction of sp³-hybridized carbons (Fsp3) is 0.200. The molecule has 2 heterocycles. The molecule has 0 saturated carbocycles. The van der Waals surface area contributed by atoms with Gasteiger partial charge in [0.05, 0.1) is 29.1 Å². The van der Waals surface area contributed by atoms with Crippen molar-refractivity contribution in [3.05, 3.63) is 46.0 Å². The van der Waals surface area contributed by atoms with Gasteiger partial charge < -0.3 is 15.5 Å². The van der Waals surface area contributed by atoms with Gasteiger partial charge in [0.2, 0.25) is 0 Å². The highest BCUT2D eigenvalue weighted by molar-refractivity contribution is 9.10. The second-order valence-corrected chi connectivity index (χ2v) is 6.21. The molecule has 23 heavy (non-hydrogen) atoms. The molecular weight excluding hydrogens is 384 g/mol. The van der Waals surface area contributed by atoms with Crippen molar-refractivity contribution in [3.8, 4) is 11.3 Å². The van der Waals surface area contributed by atoms with Gasteiger partial charge in [-0.15, -0.1) is 0 Å². The van der Waals surface area contributed by atoms with Gasteiger partial charge in [0.25, 0.3) is 0 Å². The number of rotatable bonds is 5. The van der Waals surface area contributed by atoms with Crippen molar-refractivity contribution in [2.75, 3.05) is 18.5 Å². The van der Waals surface area contributed by atoms with E-state index in [4.69, 9.17) is 16.7 Å². The van der Waals surface area contributed by atoms with Gasteiger partial charge in [-0.25, -0.2) is 4.98 Å². The Morgan fingerprint density at radius 1 is 1.35 bits per heavy atom. The second kappa shape index (κ2) is 6.84. The minimum absolute atomic E-state index is 0.190. The van der Waals surface area contributed by atoms with Gasteiger partial charge in [-0.05, 0) is 22.0 Å². The normalized spacial score (nSPS) is 12.5. The molecule has 0 bridgehead atoms. The number of benzene rings is 1. The van der Waals surface area contributed by atoms with E-state index in [0.29, 0.717) is 22.2 Å². The lowest BCUT2D eigenvalue weighted by molar-refractivity contribution is 0.105. The number of hydrogen-bond donors (Lipinski definition) is 3. The third-order valence-corrected chi connectivity index (χ3v) is 4.20. The molecule has 120 valence electrons. The average Bonchev–Trinajstić information content (AvgIpc) is 2.94. The maximum atomic E-state index is 9.54. The summed E-state index contributed by atoms with van der Waals surface area (Å²) in [5, 5.41) is 26.4. The van der Waals surface area contributed by atoms with Gasteiger partial charge in [0.15, 0.2) is 5.65 Å². The van der Waals surface area contributed by atoms with E-state index in [2.05, 4.69) is 31.3 Å². The Labute approximate surface area is 145 Å². The summed E-state index contributed by atoms with van der Waals surface area (Å²) in [4.78, 5) is 4.59. The zero-order valence-corrected chi connectivity index (χ0v) is 14.3. The summed E-state index contributed by atoms with van der Waals surface area (Å²) >= 11 is 9.68. The standard InChI is InChI=1S/C15H14BrClN4O2/c16-11-7-19-21-14(18-6-9(23)8-22)5-13(20-15(11)21)10-3-1-2-4-12(10)17/h1-5,7,9,18,22-23H,6,8H2/t9-/m0/s1. The summed E-state index contributed by atoms with van der Waals surface area (Å²) < 4.78 is 2.37. The topological polar surface area (TPSA) is 82.7 Å². The molecule has 1 aromatic carbocycles. The molecule has 3 rings (SSSR count). The Hall–Kier alpha value is -1.67. The molecule has 1 atom stereocenters. The van der Waals surface area contributed by atoms with Crippen LogP contribution in [-0.2, 0) is 0 Å². The van der Waals surface area contributed by atoms with Crippen LogP contribution in [0.4, 0.5) is 5.82 Å². The van der Waals surface area contributed by atoms with Crippen LogP contribution in [0.15, 0.2) is 41.0 Å². The fourth-order valence-electron chi connectivity index (χ4n) is 2.16. The highest BCUT2D eigenvalue weighted by Crippen LogP contribution is 2.30. The monoisotopic (exact) mass is 396 g/mol. The number of nitrogens with one attached hydrogen (secondary N) is 1. The van der Waals surface area contributed by atoms with Crippen LogP contribution < -0.4 is 5.32 Å². The van der Waals surface area contributed by atoms with Crippen molar-refractivity contribution in [2.45, 2.75) is 6.10 Å². The number of aliphatic hydroxyl groups excluding tert-OH is 2. The molecular formula is C15H14BrClN4O2. The molecule has 3 N–H and O–H groups in total. The molecule has 3 aromatic rings. The lowest BCUT2D eigenvalue weighted by atomic mass is 10.1. The van der Waals surface area contributed by atoms with Crippen molar-refractivity contribution >= 4 is 39.0 Å². The third kappa shape index (κ3) is 3.32. The van der Waals surface area contributed by atoms with E-state index >= 15 is 0 Å². The van der Waals surface area contributed by atoms with Crippen molar-refractivity contribution < 1.29 is 10.2 Å². The maximum Gasteiger partial charge on any atom is 0.172 e. The number of anilines is 1. The molecule has 0 spiro atoms. The van der Waals surface area contributed by atoms with Crippen molar-refractivity contribution in [1.29, 1.82) is 0 Å². The lowest BCUT2D eigenvalue weighted by Crippen LogP contribution is -2.24. The minimum atomic E-state index is -0.860. The first-order valence-corrected chi connectivity index (χ1v) is 8.09. The van der Waals surface area contributed by atoms with Crippen LogP contribution in [0.2, 0.25) is 5.02 Å². The summed E-state index contributed by atoms with van der Waals surface area (Å²) in [6, 6.07) is 9.24. The molecule has 0 aliphatic carbocycles. The smallest absolute Gasteiger partial charge is 0.172 e. The first kappa shape index (κ1) is 16.2. The summed E-state index contributed by atoms with van der Waals surface area (Å²) in [6.45, 7) is -0.129. The predicted molar refractivity (Wildman–Crippen MR) is 92.7 cm³/mol. The molecule has 0 aliphatic rings. The summed E-state index contributed by atoms with van der Waals surface area (Å²) in [5.74, 6) is 0.642. The molecule has 8 heteroatoms. The van der Waals surface area contributed by atoms with Crippen molar-refractivity contribution in [1.82, 2.24) is 14.6 Å². The van der Waals surface area contributed by atoms with Gasteiger partial charge in [-0.1, -0.05) is 29.8 Å². The van der Waals surface area contributed by atoms with Crippen LogP contribution in [0.1, 0.15) is 0 Å². The highest BCUT2D eigenvalue weighted by atomic mass is 79.9. The third-order valence-electron chi connectivity index (χ3n) is 3.31. The van der Waals surface area contributed by atoms with Crippen LogP contribution in [0, 0.1) is 0 Å². The fourth-order valence-corrected chi connectivity index (χ4v) is 2.74. The largest absolute Gasteiger partial charge is 0.394 e. The van der Waals surface area contributed by atoms with E-state index in [9.17, 15) is 5.11 Å². The first-order valence-electron chi connectivity index (χ1n) is 6.92. The Bertz CT molecular complexity index is 839. The second-order valence-electron chi connectivity index (χ2n) is 4.95. The molecule has 0 unspecified atom stereocenters. The molecule has 2 aromatic heterocycles. The van der Waals surface area contributed by atoms with Crippen molar-refractivity contribution in [3.63, 3.8) is 0 Å². The van der Waals surface area contributed by atoms with Crippen LogP contribution in [0.25, 0.3) is 16.9 Å². The first-order chi connectivity index (χ1) is 11.1. The zero-order valence-electron chi connectivity index (χ0n) is 11.9. The minimum Gasteiger partial charge on any atom is -0.394 e. The Morgan fingerprint density at radius 3 is 2.87 bits per heavy atom. The number of nitrogens with zero attached hydrogens (tertiary/aromatic N) is 3. The van der Waals surface area contributed by atoms with Gasteiger partial charge in [0.1, 0.15) is 5.82 Å². The predicted octanol–water partition coefficient (Wildman–Crippen LogP) is 2.58. The van der Waals surface area contributed by atoms with Crippen molar-refractivity contribution in [2.24, 2.45) is 0 Å². The van der Waals surface area contributed by atoms with E-state index in [-0.39, 0.29) is 13.2 Å². The highest BCUT2D eigenvalue weighted by Gasteiger charge is 2.13. The van der Waals surface area contributed by atoms with E-state index in [1.165, 1.54) is 0 Å². The molecule has 0 fully saturated rings. The SMILES string of the molecule is OC[C@@H](O)CNc1cc(-c2ccccc2Cl)nc2c(Br)cnn12. The molecule has 0 saturated heterocycles.